The Morgan fingerprint density at radius 3 is 2.21 bits per heavy atom. The molecule has 2 N–H and O–H groups in total. The van der Waals surface area contributed by atoms with Gasteiger partial charge in [0.1, 0.15) is 0 Å². The van der Waals surface area contributed by atoms with Gasteiger partial charge >= 0.3 is 6.18 Å². The lowest BCUT2D eigenvalue weighted by molar-refractivity contribution is -0.152. The zero-order chi connectivity index (χ0) is 10.4. The number of alkyl halides is 3. The summed E-state index contributed by atoms with van der Waals surface area (Å²) in [6.07, 6.45) is -4.18. The van der Waals surface area contributed by atoms with Crippen LogP contribution in [0.15, 0.2) is 30.3 Å². The van der Waals surface area contributed by atoms with Crippen LogP contribution in [-0.4, -0.2) is 6.18 Å². The van der Waals surface area contributed by atoms with Crippen LogP contribution in [0, 0.1) is 5.92 Å². The van der Waals surface area contributed by atoms with Crippen molar-refractivity contribution >= 4 is 0 Å². The van der Waals surface area contributed by atoms with E-state index in [9.17, 15) is 13.2 Å². The van der Waals surface area contributed by atoms with Crippen molar-refractivity contribution in [3.63, 3.8) is 0 Å². The molecule has 0 radical (unpaired) electrons. The molecule has 1 fully saturated rings. The highest BCUT2D eigenvalue weighted by atomic mass is 19.4. The molecule has 0 saturated heterocycles. The average Bonchev–Trinajstić information content (AvgIpc) is 2.81. The van der Waals surface area contributed by atoms with Crippen LogP contribution < -0.4 is 5.73 Å². The molecule has 2 rings (SSSR count). The molecule has 14 heavy (non-hydrogen) atoms. The summed E-state index contributed by atoms with van der Waals surface area (Å²) in [6.45, 7) is 0. The van der Waals surface area contributed by atoms with E-state index in [1.165, 1.54) is 0 Å². The maximum absolute atomic E-state index is 12.3. The summed E-state index contributed by atoms with van der Waals surface area (Å²) in [6, 6.07) is 8.46. The van der Waals surface area contributed by atoms with Crippen LogP contribution in [0.5, 0.6) is 0 Å². The smallest absolute Gasteiger partial charge is 0.321 e. The standard InChI is InChI=1S/C10H10F3N/c11-10(12,13)8-6-9(8,14)7-4-2-1-3-5-7/h1-5,8H,6,14H2. The van der Waals surface area contributed by atoms with Gasteiger partial charge in [0.2, 0.25) is 0 Å². The molecule has 1 aliphatic rings. The van der Waals surface area contributed by atoms with Crippen molar-refractivity contribution in [1.82, 2.24) is 0 Å². The third-order valence-corrected chi connectivity index (χ3v) is 2.71. The van der Waals surface area contributed by atoms with Crippen molar-refractivity contribution in [3.8, 4) is 0 Å². The Kier molecular flexibility index (Phi) is 1.86. The van der Waals surface area contributed by atoms with E-state index in [1.807, 2.05) is 0 Å². The summed E-state index contributed by atoms with van der Waals surface area (Å²) in [7, 11) is 0. The summed E-state index contributed by atoms with van der Waals surface area (Å²) in [4.78, 5) is 0. The highest BCUT2D eigenvalue weighted by Gasteiger charge is 2.65. The monoisotopic (exact) mass is 201 g/mol. The van der Waals surface area contributed by atoms with Crippen molar-refractivity contribution < 1.29 is 13.2 Å². The lowest BCUT2D eigenvalue weighted by Gasteiger charge is -2.13. The zero-order valence-electron chi connectivity index (χ0n) is 7.38. The Labute approximate surface area is 79.7 Å². The first-order valence-corrected chi connectivity index (χ1v) is 4.36. The third-order valence-electron chi connectivity index (χ3n) is 2.71. The largest absolute Gasteiger partial charge is 0.393 e. The number of halogens is 3. The molecule has 1 aromatic carbocycles. The lowest BCUT2D eigenvalue weighted by atomic mass is 10.0. The molecule has 0 amide bonds. The van der Waals surface area contributed by atoms with Crippen LogP contribution >= 0.6 is 0 Å². The first-order valence-electron chi connectivity index (χ1n) is 4.36. The van der Waals surface area contributed by atoms with E-state index in [4.69, 9.17) is 5.73 Å². The number of hydrogen-bond acceptors (Lipinski definition) is 1. The van der Waals surface area contributed by atoms with Crippen molar-refractivity contribution in [2.45, 2.75) is 18.1 Å². The highest BCUT2D eigenvalue weighted by molar-refractivity contribution is 5.32. The average molecular weight is 201 g/mol. The molecule has 4 heteroatoms. The first-order chi connectivity index (χ1) is 6.44. The van der Waals surface area contributed by atoms with E-state index in [0.717, 1.165) is 0 Å². The number of nitrogens with two attached hydrogens (primary N) is 1. The van der Waals surface area contributed by atoms with Crippen LogP contribution in [0.1, 0.15) is 12.0 Å². The molecule has 1 saturated carbocycles. The normalized spacial score (nSPS) is 31.6. The van der Waals surface area contributed by atoms with Gasteiger partial charge in [-0.05, 0) is 12.0 Å². The molecule has 1 aliphatic carbocycles. The van der Waals surface area contributed by atoms with Crippen LogP contribution in [0.2, 0.25) is 0 Å². The maximum atomic E-state index is 12.3. The number of hydrogen-bond donors (Lipinski definition) is 1. The fourth-order valence-corrected chi connectivity index (χ4v) is 1.75. The molecule has 2 atom stereocenters. The minimum absolute atomic E-state index is 0.000509. The molecule has 0 spiro atoms. The van der Waals surface area contributed by atoms with Gasteiger partial charge in [-0.3, -0.25) is 0 Å². The van der Waals surface area contributed by atoms with Gasteiger partial charge in [0.15, 0.2) is 0 Å². The van der Waals surface area contributed by atoms with E-state index in [1.54, 1.807) is 30.3 Å². The quantitative estimate of drug-likeness (QED) is 0.741. The van der Waals surface area contributed by atoms with Gasteiger partial charge in [0.25, 0.3) is 0 Å². The summed E-state index contributed by atoms with van der Waals surface area (Å²) in [5, 5.41) is 0. The Hall–Kier alpha value is -1.03. The second-order valence-electron chi connectivity index (χ2n) is 3.70. The van der Waals surface area contributed by atoms with Crippen molar-refractivity contribution in [3.05, 3.63) is 35.9 Å². The highest BCUT2D eigenvalue weighted by Crippen LogP contribution is 2.57. The molecule has 0 aliphatic heterocycles. The first kappa shape index (κ1) is 9.52. The minimum Gasteiger partial charge on any atom is -0.321 e. The maximum Gasteiger partial charge on any atom is 0.393 e. The molecule has 1 nitrogen and oxygen atoms in total. The molecule has 76 valence electrons. The van der Waals surface area contributed by atoms with Crippen LogP contribution in [0.4, 0.5) is 13.2 Å². The zero-order valence-corrected chi connectivity index (χ0v) is 7.38. The van der Waals surface area contributed by atoms with E-state index in [2.05, 4.69) is 0 Å². The van der Waals surface area contributed by atoms with Gasteiger partial charge in [0, 0.05) is 0 Å². The van der Waals surface area contributed by atoms with Gasteiger partial charge in [0.05, 0.1) is 11.5 Å². The second kappa shape index (κ2) is 2.73. The van der Waals surface area contributed by atoms with Gasteiger partial charge in [-0.25, -0.2) is 0 Å². The van der Waals surface area contributed by atoms with Crippen LogP contribution in [0.3, 0.4) is 0 Å². The summed E-state index contributed by atoms with van der Waals surface area (Å²) < 4.78 is 37.0. The van der Waals surface area contributed by atoms with Crippen LogP contribution in [0.25, 0.3) is 0 Å². The SMILES string of the molecule is NC1(c2ccccc2)CC1C(F)(F)F. The number of rotatable bonds is 1. The molecule has 1 aromatic rings. The molecule has 2 unspecified atom stereocenters. The fraction of sp³-hybridized carbons (Fsp3) is 0.400. The van der Waals surface area contributed by atoms with Crippen molar-refractivity contribution in [2.75, 3.05) is 0 Å². The summed E-state index contributed by atoms with van der Waals surface area (Å²) >= 11 is 0. The third kappa shape index (κ3) is 1.39. The van der Waals surface area contributed by atoms with E-state index in [-0.39, 0.29) is 6.42 Å². The predicted molar refractivity (Wildman–Crippen MR) is 46.5 cm³/mol. The molecular weight excluding hydrogens is 191 g/mol. The Balaban J connectivity index is 2.23. The van der Waals surface area contributed by atoms with Crippen molar-refractivity contribution in [1.29, 1.82) is 0 Å². The second-order valence-corrected chi connectivity index (χ2v) is 3.70. The topological polar surface area (TPSA) is 26.0 Å². The molecule has 0 aromatic heterocycles. The Bertz CT molecular complexity index is 333. The van der Waals surface area contributed by atoms with Gasteiger partial charge < -0.3 is 5.73 Å². The van der Waals surface area contributed by atoms with E-state index >= 15 is 0 Å². The van der Waals surface area contributed by atoms with Gasteiger partial charge in [-0.2, -0.15) is 13.2 Å². The van der Waals surface area contributed by atoms with E-state index < -0.39 is 17.6 Å². The lowest BCUT2D eigenvalue weighted by Crippen LogP contribution is -2.28. The number of benzene rings is 1. The molecule has 0 bridgehead atoms. The Morgan fingerprint density at radius 2 is 1.79 bits per heavy atom. The van der Waals surface area contributed by atoms with Gasteiger partial charge in [-0.1, -0.05) is 30.3 Å². The summed E-state index contributed by atoms with van der Waals surface area (Å²) in [5.41, 5.74) is 5.07. The fourth-order valence-electron chi connectivity index (χ4n) is 1.75. The minimum atomic E-state index is -4.18. The van der Waals surface area contributed by atoms with E-state index in [0.29, 0.717) is 5.56 Å². The molecule has 0 heterocycles. The van der Waals surface area contributed by atoms with Gasteiger partial charge in [-0.15, -0.1) is 0 Å². The predicted octanol–water partition coefficient (Wildman–Crippen LogP) is 2.42. The Morgan fingerprint density at radius 1 is 1.21 bits per heavy atom. The molecular formula is C10H10F3N. The van der Waals surface area contributed by atoms with Crippen LogP contribution in [-0.2, 0) is 5.54 Å². The van der Waals surface area contributed by atoms with Crippen molar-refractivity contribution in [2.24, 2.45) is 11.7 Å². The summed E-state index contributed by atoms with van der Waals surface area (Å²) in [5.74, 6) is -1.38.